The summed E-state index contributed by atoms with van der Waals surface area (Å²) in [6.07, 6.45) is 0.605. The van der Waals surface area contributed by atoms with Crippen LogP contribution in [0.5, 0.6) is 0 Å². The van der Waals surface area contributed by atoms with E-state index in [1.165, 1.54) is 31.2 Å². The summed E-state index contributed by atoms with van der Waals surface area (Å²) in [4.78, 5) is 61.3. The maximum absolute atomic E-state index is 12.8. The maximum Gasteiger partial charge on any atom is 0.325 e. The molecule has 1 aromatic carbocycles. The third-order valence-electron chi connectivity index (χ3n) is 4.70. The van der Waals surface area contributed by atoms with E-state index in [1.807, 2.05) is 17.5 Å². The molecule has 1 unspecified atom stereocenters. The van der Waals surface area contributed by atoms with E-state index in [4.69, 9.17) is 0 Å². The van der Waals surface area contributed by atoms with Crippen LogP contribution in [0, 0.1) is 10.1 Å². The second-order valence-corrected chi connectivity index (χ2v) is 7.92. The van der Waals surface area contributed by atoms with E-state index in [2.05, 4.69) is 16.0 Å². The summed E-state index contributed by atoms with van der Waals surface area (Å²) in [6.45, 7) is 1.03. The number of rotatable bonds is 7. The molecule has 0 radical (unpaired) electrons. The number of nitro groups is 1. The third-order valence-corrected chi connectivity index (χ3v) is 5.64. The molecular formula is C19H19N5O6S. The van der Waals surface area contributed by atoms with Crippen molar-refractivity contribution < 1.29 is 24.1 Å². The molecule has 1 fully saturated rings. The molecule has 1 aromatic heterocycles. The molecule has 12 heteroatoms. The number of nitrogens with one attached hydrogen (secondary N) is 3. The quantitative estimate of drug-likeness (QED) is 0.334. The SMILES string of the molecule is CC1(c2cccc([N+](=O)[O-])c2)NC(=O)N(CC(=O)NC(=O)NCCc2cccs2)C1=O. The van der Waals surface area contributed by atoms with E-state index in [-0.39, 0.29) is 11.3 Å². The van der Waals surface area contributed by atoms with Crippen LogP contribution in [0.1, 0.15) is 17.4 Å². The molecule has 0 aliphatic carbocycles. The highest BCUT2D eigenvalue weighted by Gasteiger charge is 2.49. The minimum atomic E-state index is -1.58. The first-order chi connectivity index (χ1) is 14.7. The summed E-state index contributed by atoms with van der Waals surface area (Å²) < 4.78 is 0. The Morgan fingerprint density at radius 3 is 2.71 bits per heavy atom. The van der Waals surface area contributed by atoms with Crippen molar-refractivity contribution in [3.63, 3.8) is 0 Å². The Kier molecular flexibility index (Phi) is 6.30. The Morgan fingerprint density at radius 1 is 1.26 bits per heavy atom. The number of carbonyl (C=O) groups excluding carboxylic acids is 4. The van der Waals surface area contributed by atoms with Crippen LogP contribution in [0.4, 0.5) is 15.3 Å². The van der Waals surface area contributed by atoms with Gasteiger partial charge in [0.05, 0.1) is 4.92 Å². The van der Waals surface area contributed by atoms with Crippen LogP contribution in [0.2, 0.25) is 0 Å². The van der Waals surface area contributed by atoms with Crippen molar-refractivity contribution in [2.45, 2.75) is 18.9 Å². The molecule has 3 rings (SSSR count). The van der Waals surface area contributed by atoms with Crippen molar-refractivity contribution >= 4 is 40.9 Å². The molecule has 2 aromatic rings. The normalized spacial score (nSPS) is 17.9. The number of amides is 6. The Bertz CT molecular complexity index is 1040. The number of nitro benzene ring substituents is 1. The fraction of sp³-hybridized carbons (Fsp3) is 0.263. The molecule has 0 spiro atoms. The van der Waals surface area contributed by atoms with E-state index in [0.29, 0.717) is 17.9 Å². The lowest BCUT2D eigenvalue weighted by Crippen LogP contribution is -2.47. The molecule has 2 heterocycles. The number of imide groups is 2. The number of thiophene rings is 1. The molecule has 0 saturated carbocycles. The van der Waals surface area contributed by atoms with Gasteiger partial charge in [-0.1, -0.05) is 18.2 Å². The van der Waals surface area contributed by atoms with Gasteiger partial charge in [0, 0.05) is 23.6 Å². The minimum absolute atomic E-state index is 0.203. The van der Waals surface area contributed by atoms with Gasteiger partial charge in [-0.25, -0.2) is 9.59 Å². The third kappa shape index (κ3) is 4.86. The van der Waals surface area contributed by atoms with Gasteiger partial charge in [0.15, 0.2) is 0 Å². The summed E-state index contributed by atoms with van der Waals surface area (Å²) in [5.41, 5.74) is -1.61. The standard InChI is InChI=1S/C19H19N5O6S/c1-19(12-4-2-5-13(10-12)24(29)30)16(26)23(18(28)22-19)11-15(25)21-17(27)20-8-7-14-6-3-9-31-14/h2-6,9-10H,7-8,11H2,1H3,(H,22,28)(H2,20,21,25,27). The number of carbonyl (C=O) groups is 4. The van der Waals surface area contributed by atoms with Crippen LogP contribution in [-0.2, 0) is 21.5 Å². The highest BCUT2D eigenvalue weighted by molar-refractivity contribution is 7.09. The van der Waals surface area contributed by atoms with Gasteiger partial charge in [0.25, 0.3) is 11.6 Å². The number of non-ortho nitro benzene ring substituents is 1. The predicted molar refractivity (Wildman–Crippen MR) is 110 cm³/mol. The smallest absolute Gasteiger partial charge is 0.325 e. The highest BCUT2D eigenvalue weighted by atomic mass is 32.1. The zero-order valence-corrected chi connectivity index (χ0v) is 17.2. The topological polar surface area (TPSA) is 151 Å². The van der Waals surface area contributed by atoms with Gasteiger partial charge in [-0.2, -0.15) is 0 Å². The minimum Gasteiger partial charge on any atom is -0.337 e. The van der Waals surface area contributed by atoms with Gasteiger partial charge in [-0.15, -0.1) is 11.3 Å². The van der Waals surface area contributed by atoms with Crippen LogP contribution in [0.3, 0.4) is 0 Å². The van der Waals surface area contributed by atoms with Crippen molar-refractivity contribution in [2.24, 2.45) is 0 Å². The van der Waals surface area contributed by atoms with Gasteiger partial charge in [-0.3, -0.25) is 29.9 Å². The maximum atomic E-state index is 12.8. The Balaban J connectivity index is 1.59. The molecule has 1 aliphatic rings. The second-order valence-electron chi connectivity index (χ2n) is 6.89. The number of benzene rings is 1. The molecule has 1 saturated heterocycles. The molecule has 1 atom stereocenters. The van der Waals surface area contributed by atoms with Crippen LogP contribution in [0.25, 0.3) is 0 Å². The first-order valence-electron chi connectivity index (χ1n) is 9.20. The van der Waals surface area contributed by atoms with Crippen LogP contribution < -0.4 is 16.0 Å². The number of hydrogen-bond donors (Lipinski definition) is 3. The van der Waals surface area contributed by atoms with Crippen LogP contribution in [0.15, 0.2) is 41.8 Å². The zero-order valence-electron chi connectivity index (χ0n) is 16.4. The fourth-order valence-corrected chi connectivity index (χ4v) is 3.78. The lowest BCUT2D eigenvalue weighted by atomic mass is 9.91. The summed E-state index contributed by atoms with van der Waals surface area (Å²) in [5, 5.41) is 20.0. The van der Waals surface area contributed by atoms with Gasteiger partial charge >= 0.3 is 12.1 Å². The molecule has 1 aliphatic heterocycles. The molecule has 162 valence electrons. The fourth-order valence-electron chi connectivity index (χ4n) is 3.07. The first kappa shape index (κ1) is 21.9. The lowest BCUT2D eigenvalue weighted by Gasteiger charge is -2.21. The molecule has 0 bridgehead atoms. The Hall–Kier alpha value is -3.80. The zero-order chi connectivity index (χ0) is 22.6. The van der Waals surface area contributed by atoms with Crippen molar-refractivity contribution in [3.8, 4) is 0 Å². The van der Waals surface area contributed by atoms with Crippen molar-refractivity contribution in [2.75, 3.05) is 13.1 Å². The van der Waals surface area contributed by atoms with E-state index in [9.17, 15) is 29.3 Å². The number of urea groups is 2. The lowest BCUT2D eigenvalue weighted by molar-refractivity contribution is -0.385. The molecular weight excluding hydrogens is 426 g/mol. The van der Waals surface area contributed by atoms with Gasteiger partial charge in [0.2, 0.25) is 5.91 Å². The van der Waals surface area contributed by atoms with E-state index in [0.717, 1.165) is 4.88 Å². The van der Waals surface area contributed by atoms with Crippen LogP contribution >= 0.6 is 11.3 Å². The van der Waals surface area contributed by atoms with E-state index >= 15 is 0 Å². The van der Waals surface area contributed by atoms with Gasteiger partial charge < -0.3 is 10.6 Å². The van der Waals surface area contributed by atoms with E-state index in [1.54, 1.807) is 11.3 Å². The predicted octanol–water partition coefficient (Wildman–Crippen LogP) is 1.49. The highest BCUT2D eigenvalue weighted by Crippen LogP contribution is 2.30. The van der Waals surface area contributed by atoms with Gasteiger partial charge in [-0.05, 0) is 30.4 Å². The van der Waals surface area contributed by atoms with Crippen molar-refractivity contribution in [3.05, 3.63) is 62.3 Å². The molecule has 6 amide bonds. The average Bonchev–Trinajstić information content (AvgIpc) is 3.31. The second kappa shape index (κ2) is 8.92. The summed E-state index contributed by atoms with van der Waals surface area (Å²) in [5.74, 6) is -1.60. The summed E-state index contributed by atoms with van der Waals surface area (Å²) in [7, 11) is 0. The molecule has 31 heavy (non-hydrogen) atoms. The number of hydrogen-bond acceptors (Lipinski definition) is 7. The van der Waals surface area contributed by atoms with E-state index < -0.39 is 40.9 Å². The Labute approximate surface area is 180 Å². The molecule has 3 N–H and O–H groups in total. The number of nitrogens with zero attached hydrogens (tertiary/aromatic N) is 2. The first-order valence-corrected chi connectivity index (χ1v) is 10.1. The van der Waals surface area contributed by atoms with Crippen molar-refractivity contribution in [1.29, 1.82) is 0 Å². The summed E-state index contributed by atoms with van der Waals surface area (Å²) >= 11 is 1.55. The largest absolute Gasteiger partial charge is 0.337 e. The van der Waals surface area contributed by atoms with Crippen LogP contribution in [-0.4, -0.2) is 46.8 Å². The monoisotopic (exact) mass is 445 g/mol. The average molecular weight is 445 g/mol. The summed E-state index contributed by atoms with van der Waals surface area (Å²) in [6, 6.07) is 7.54. The molecule has 11 nitrogen and oxygen atoms in total. The van der Waals surface area contributed by atoms with Crippen molar-refractivity contribution in [1.82, 2.24) is 20.9 Å². The van der Waals surface area contributed by atoms with Gasteiger partial charge in [0.1, 0.15) is 12.1 Å². The Morgan fingerprint density at radius 2 is 2.03 bits per heavy atom.